The van der Waals surface area contributed by atoms with Gasteiger partial charge in [-0.2, -0.15) is 0 Å². The van der Waals surface area contributed by atoms with Crippen LogP contribution in [0.3, 0.4) is 0 Å². The van der Waals surface area contributed by atoms with Crippen LogP contribution in [0.2, 0.25) is 0 Å². The van der Waals surface area contributed by atoms with Crippen molar-refractivity contribution in [3.63, 3.8) is 0 Å². The number of rotatable bonds is 2. The molecule has 0 saturated carbocycles. The van der Waals surface area contributed by atoms with Crippen molar-refractivity contribution in [1.29, 1.82) is 5.53 Å². The number of hydrogen-bond acceptors (Lipinski definition) is 3. The highest BCUT2D eigenvalue weighted by atomic mass is 14.9. The van der Waals surface area contributed by atoms with E-state index >= 15 is 0 Å². The molecule has 2 N–H and O–H groups in total. The Hall–Kier alpha value is -0.860. The molecule has 0 saturated heterocycles. The Morgan fingerprint density at radius 2 is 2.00 bits per heavy atom. The Bertz CT molecular complexity index is 68.7. The van der Waals surface area contributed by atoms with Crippen LogP contribution in [0.5, 0.6) is 0 Å². The largest absolute Gasteiger partial charge is 0.389 e. The zero-order chi connectivity index (χ0) is 7.70. The van der Waals surface area contributed by atoms with Crippen LogP contribution in [0.15, 0.2) is 17.9 Å². The van der Waals surface area contributed by atoms with E-state index in [1.165, 1.54) is 7.05 Å². The third kappa shape index (κ3) is 41.2. The van der Waals surface area contributed by atoms with E-state index in [1.54, 1.807) is 6.20 Å². The van der Waals surface area contributed by atoms with E-state index < -0.39 is 0 Å². The Kier molecular flexibility index (Phi) is 12.5. The first-order chi connectivity index (χ1) is 4.18. The van der Waals surface area contributed by atoms with Gasteiger partial charge in [-0.3, -0.25) is 0 Å². The van der Waals surface area contributed by atoms with Crippen molar-refractivity contribution in [2.75, 3.05) is 7.05 Å². The Morgan fingerprint density at radius 1 is 1.67 bits per heavy atom. The summed E-state index contributed by atoms with van der Waals surface area (Å²) in [6.07, 6.45) is 1.70. The first kappa shape index (κ1) is 11.0. The van der Waals surface area contributed by atoms with Crippen molar-refractivity contribution in [3.05, 3.63) is 12.8 Å². The van der Waals surface area contributed by atoms with E-state index in [2.05, 4.69) is 30.9 Å². The third-order valence-electron chi connectivity index (χ3n) is 0.451. The topological polar surface area (TPSA) is 48.2 Å². The minimum absolute atomic E-state index is 0.530. The fraction of sp³-hybridized carbons (Fsp3) is 0.667. The number of nitrogens with one attached hydrogen (secondary N) is 2. The van der Waals surface area contributed by atoms with Crippen LogP contribution >= 0.6 is 0 Å². The van der Waals surface area contributed by atoms with E-state index in [9.17, 15) is 0 Å². The van der Waals surface area contributed by atoms with Crippen LogP contribution in [0, 0.1) is 5.53 Å². The SMILES string of the molecule is C=CNC(C)C.CN=N. The van der Waals surface area contributed by atoms with Crippen molar-refractivity contribution in [1.82, 2.24) is 5.32 Å². The van der Waals surface area contributed by atoms with E-state index in [0.29, 0.717) is 6.04 Å². The second-order valence-electron chi connectivity index (χ2n) is 1.75. The van der Waals surface area contributed by atoms with Gasteiger partial charge >= 0.3 is 0 Å². The molecule has 0 aromatic rings. The highest BCUT2D eigenvalue weighted by Crippen LogP contribution is 1.71. The molecule has 0 aliphatic carbocycles. The second-order valence-corrected chi connectivity index (χ2v) is 1.75. The lowest BCUT2D eigenvalue weighted by atomic mass is 10.4. The van der Waals surface area contributed by atoms with Crippen molar-refractivity contribution in [2.24, 2.45) is 5.11 Å². The lowest BCUT2D eigenvalue weighted by molar-refractivity contribution is 0.704. The highest BCUT2D eigenvalue weighted by molar-refractivity contribution is 4.65. The lowest BCUT2D eigenvalue weighted by Crippen LogP contribution is -2.14. The molecular weight excluding hydrogens is 114 g/mol. The van der Waals surface area contributed by atoms with E-state index in [1.807, 2.05) is 0 Å². The van der Waals surface area contributed by atoms with Gasteiger partial charge in [0.1, 0.15) is 0 Å². The van der Waals surface area contributed by atoms with Gasteiger partial charge in [0.25, 0.3) is 0 Å². The molecule has 3 nitrogen and oxygen atoms in total. The molecule has 0 rings (SSSR count). The van der Waals surface area contributed by atoms with E-state index in [-0.39, 0.29) is 0 Å². The fourth-order valence-electron chi connectivity index (χ4n) is 0.236. The maximum atomic E-state index is 5.83. The molecule has 0 aromatic heterocycles. The quantitative estimate of drug-likeness (QED) is 0.548. The Morgan fingerprint density at radius 3 is 2.00 bits per heavy atom. The van der Waals surface area contributed by atoms with Crippen molar-refractivity contribution in [3.8, 4) is 0 Å². The zero-order valence-electron chi connectivity index (χ0n) is 6.31. The predicted octanol–water partition coefficient (Wildman–Crippen LogP) is 1.78. The van der Waals surface area contributed by atoms with Gasteiger partial charge in [0.15, 0.2) is 0 Å². The van der Waals surface area contributed by atoms with Crippen LogP contribution in [-0.2, 0) is 0 Å². The summed E-state index contributed by atoms with van der Waals surface area (Å²) in [4.78, 5) is 0. The van der Waals surface area contributed by atoms with E-state index in [0.717, 1.165) is 0 Å². The molecule has 0 atom stereocenters. The van der Waals surface area contributed by atoms with Gasteiger partial charge in [-0.05, 0) is 20.0 Å². The van der Waals surface area contributed by atoms with Gasteiger partial charge in [-0.25, -0.2) is 10.6 Å². The van der Waals surface area contributed by atoms with Crippen LogP contribution in [-0.4, -0.2) is 13.1 Å². The Balaban J connectivity index is 0. The molecule has 0 spiro atoms. The molecule has 0 amide bonds. The molecule has 9 heavy (non-hydrogen) atoms. The minimum Gasteiger partial charge on any atom is -0.389 e. The second kappa shape index (κ2) is 10.2. The molecule has 0 radical (unpaired) electrons. The number of hydrogen-bond donors (Lipinski definition) is 2. The van der Waals surface area contributed by atoms with Gasteiger partial charge in [-0.1, -0.05) is 6.58 Å². The van der Waals surface area contributed by atoms with Crippen LogP contribution in [0.1, 0.15) is 13.8 Å². The standard InChI is InChI=1S/C5H11N.CH4N2/c1-4-6-5(2)3;1-3-2/h4-6H,1H2,2-3H3;2H,1H3. The summed E-state index contributed by atoms with van der Waals surface area (Å²) >= 11 is 0. The summed E-state index contributed by atoms with van der Waals surface area (Å²) in [6, 6.07) is 0.530. The lowest BCUT2D eigenvalue weighted by Gasteiger charge is -1.99. The van der Waals surface area contributed by atoms with Gasteiger partial charge in [0.05, 0.1) is 0 Å². The summed E-state index contributed by atoms with van der Waals surface area (Å²) in [6.45, 7) is 7.63. The maximum absolute atomic E-state index is 5.83. The van der Waals surface area contributed by atoms with Gasteiger partial charge in [0.2, 0.25) is 0 Å². The summed E-state index contributed by atoms with van der Waals surface area (Å²) in [7, 11) is 1.42. The molecule has 0 heterocycles. The number of nitrogens with zero attached hydrogens (tertiary/aromatic N) is 1. The predicted molar refractivity (Wildman–Crippen MR) is 39.5 cm³/mol. The normalized spacial score (nSPS) is 7.11. The first-order valence-corrected chi connectivity index (χ1v) is 2.81. The summed E-state index contributed by atoms with van der Waals surface area (Å²) < 4.78 is 0. The smallest absolute Gasteiger partial charge is 0.0485 e. The van der Waals surface area contributed by atoms with Gasteiger partial charge < -0.3 is 5.32 Å². The summed E-state index contributed by atoms with van der Waals surface area (Å²) in [5.74, 6) is 0. The van der Waals surface area contributed by atoms with Crippen LogP contribution < -0.4 is 5.32 Å². The maximum Gasteiger partial charge on any atom is 0.0485 e. The zero-order valence-corrected chi connectivity index (χ0v) is 6.31. The highest BCUT2D eigenvalue weighted by Gasteiger charge is 1.78. The van der Waals surface area contributed by atoms with Gasteiger partial charge in [-0.15, -0.1) is 0 Å². The summed E-state index contributed by atoms with van der Waals surface area (Å²) in [5, 5.41) is 5.72. The minimum atomic E-state index is 0.530. The van der Waals surface area contributed by atoms with Crippen LogP contribution in [0.4, 0.5) is 0 Å². The molecular formula is C6H15N3. The molecule has 0 aliphatic rings. The van der Waals surface area contributed by atoms with E-state index in [4.69, 9.17) is 5.53 Å². The van der Waals surface area contributed by atoms with Crippen molar-refractivity contribution >= 4 is 0 Å². The average molecular weight is 129 g/mol. The molecule has 0 unspecified atom stereocenters. The van der Waals surface area contributed by atoms with Crippen molar-refractivity contribution < 1.29 is 0 Å². The third-order valence-corrected chi connectivity index (χ3v) is 0.451. The first-order valence-electron chi connectivity index (χ1n) is 2.81. The van der Waals surface area contributed by atoms with Gasteiger partial charge in [0, 0.05) is 13.1 Å². The molecule has 3 heteroatoms. The molecule has 0 aliphatic heterocycles. The van der Waals surface area contributed by atoms with Crippen molar-refractivity contribution in [2.45, 2.75) is 19.9 Å². The fourth-order valence-corrected chi connectivity index (χ4v) is 0.236. The molecule has 0 aromatic carbocycles. The Labute approximate surface area is 56.7 Å². The van der Waals surface area contributed by atoms with Crippen LogP contribution in [0.25, 0.3) is 0 Å². The monoisotopic (exact) mass is 129 g/mol. The average Bonchev–Trinajstić information content (AvgIpc) is 1.67. The molecule has 0 fully saturated rings. The molecule has 54 valence electrons. The summed E-state index contributed by atoms with van der Waals surface area (Å²) in [5.41, 5.74) is 5.83. The molecule has 0 bridgehead atoms.